The van der Waals surface area contributed by atoms with Gasteiger partial charge in [-0.05, 0) is 18.9 Å². The van der Waals surface area contributed by atoms with E-state index in [0.29, 0.717) is 18.7 Å². The maximum atomic E-state index is 12.8. The number of rotatable bonds is 5. The summed E-state index contributed by atoms with van der Waals surface area (Å²) >= 11 is 0. The lowest BCUT2D eigenvalue weighted by Crippen LogP contribution is -2.38. The van der Waals surface area contributed by atoms with Gasteiger partial charge in [0.25, 0.3) is 11.5 Å². The van der Waals surface area contributed by atoms with Crippen LogP contribution in [0, 0.1) is 0 Å². The van der Waals surface area contributed by atoms with E-state index in [1.807, 2.05) is 0 Å². The number of nitrogens with zero attached hydrogens (tertiary/aromatic N) is 4. The van der Waals surface area contributed by atoms with E-state index in [9.17, 15) is 14.4 Å². The van der Waals surface area contributed by atoms with E-state index >= 15 is 0 Å². The van der Waals surface area contributed by atoms with Crippen LogP contribution in [0.3, 0.4) is 0 Å². The third kappa shape index (κ3) is 2.73. The van der Waals surface area contributed by atoms with Gasteiger partial charge in [0.15, 0.2) is 0 Å². The van der Waals surface area contributed by atoms with E-state index in [1.54, 1.807) is 19.1 Å². The third-order valence-electron chi connectivity index (χ3n) is 4.33. The molecular weight excluding hydrogens is 312 g/mol. The molecule has 0 radical (unpaired) electrons. The van der Waals surface area contributed by atoms with Crippen LogP contribution < -0.4 is 11.2 Å². The number of methoxy groups -OCH3 is 1. The van der Waals surface area contributed by atoms with Crippen LogP contribution in [0.4, 0.5) is 0 Å². The molecule has 0 atom stereocenters. The monoisotopic (exact) mass is 332 g/mol. The van der Waals surface area contributed by atoms with Gasteiger partial charge in [0.1, 0.15) is 5.65 Å². The molecule has 1 amide bonds. The fourth-order valence-electron chi connectivity index (χ4n) is 2.77. The Morgan fingerprint density at radius 1 is 1.33 bits per heavy atom. The zero-order valence-electron chi connectivity index (χ0n) is 14.0. The van der Waals surface area contributed by atoms with E-state index in [1.165, 1.54) is 23.9 Å². The van der Waals surface area contributed by atoms with Crippen molar-refractivity contribution < 1.29 is 9.53 Å². The molecule has 0 aliphatic heterocycles. The third-order valence-corrected chi connectivity index (χ3v) is 4.33. The fraction of sp³-hybridized carbons (Fsp3) is 0.500. The molecule has 0 unspecified atom stereocenters. The highest BCUT2D eigenvalue weighted by molar-refractivity contribution is 5.97. The number of carbonyl (C=O) groups excluding carboxylic acids is 1. The predicted octanol–water partition coefficient (Wildman–Crippen LogP) is -0.117. The standard InChI is InChI=1S/C16H20N4O4/c1-18-13-12(15(22)19(2)16(18)23)8-10(9-17-13)14(21)20(6-7-24-3)11-4-5-11/h8-9,11H,4-7H2,1-3H3. The highest BCUT2D eigenvalue weighted by Gasteiger charge is 2.33. The highest BCUT2D eigenvalue weighted by atomic mass is 16.5. The van der Waals surface area contributed by atoms with E-state index in [-0.39, 0.29) is 23.0 Å². The summed E-state index contributed by atoms with van der Waals surface area (Å²) in [6, 6.07) is 1.75. The van der Waals surface area contributed by atoms with Gasteiger partial charge < -0.3 is 9.64 Å². The van der Waals surface area contributed by atoms with Gasteiger partial charge in [0.05, 0.1) is 17.6 Å². The Bertz CT molecular complexity index is 911. The molecule has 1 aliphatic rings. The topological polar surface area (TPSA) is 86.4 Å². The number of aromatic nitrogens is 3. The quantitative estimate of drug-likeness (QED) is 0.762. The number of fused-ring (bicyclic) bond motifs is 1. The first kappa shape index (κ1) is 16.4. The largest absolute Gasteiger partial charge is 0.383 e. The number of pyridine rings is 1. The minimum absolute atomic E-state index is 0.167. The maximum absolute atomic E-state index is 12.8. The van der Waals surface area contributed by atoms with Crippen molar-refractivity contribution in [3.8, 4) is 0 Å². The molecule has 1 fully saturated rings. The Morgan fingerprint density at radius 2 is 2.04 bits per heavy atom. The average molecular weight is 332 g/mol. The van der Waals surface area contributed by atoms with Crippen LogP contribution in [0.1, 0.15) is 23.2 Å². The average Bonchev–Trinajstić information content (AvgIpc) is 3.42. The van der Waals surface area contributed by atoms with Gasteiger partial charge in [-0.2, -0.15) is 0 Å². The molecule has 0 N–H and O–H groups in total. The van der Waals surface area contributed by atoms with Crippen molar-refractivity contribution in [2.45, 2.75) is 18.9 Å². The molecule has 0 spiro atoms. The zero-order valence-corrected chi connectivity index (χ0v) is 14.0. The van der Waals surface area contributed by atoms with Crippen molar-refractivity contribution in [2.75, 3.05) is 20.3 Å². The molecule has 8 heteroatoms. The first-order chi connectivity index (χ1) is 11.5. The molecule has 3 rings (SSSR count). The zero-order chi connectivity index (χ0) is 17.4. The molecule has 0 saturated heterocycles. The predicted molar refractivity (Wildman–Crippen MR) is 88.2 cm³/mol. The minimum atomic E-state index is -0.454. The summed E-state index contributed by atoms with van der Waals surface area (Å²) < 4.78 is 7.39. The number of carbonyl (C=O) groups is 1. The Kier molecular flexibility index (Phi) is 4.23. The van der Waals surface area contributed by atoms with Gasteiger partial charge in [-0.1, -0.05) is 0 Å². The second kappa shape index (κ2) is 6.20. The molecule has 0 bridgehead atoms. The molecule has 2 aromatic rings. The van der Waals surface area contributed by atoms with Gasteiger partial charge >= 0.3 is 5.69 Å². The van der Waals surface area contributed by atoms with Crippen LogP contribution in [-0.2, 0) is 18.8 Å². The molecule has 128 valence electrons. The lowest BCUT2D eigenvalue weighted by molar-refractivity contribution is 0.0680. The SMILES string of the molecule is COCCN(C(=O)c1cnc2c(c1)c(=O)n(C)c(=O)n2C)C1CC1. The minimum Gasteiger partial charge on any atom is -0.383 e. The van der Waals surface area contributed by atoms with Crippen molar-refractivity contribution in [1.82, 2.24) is 19.0 Å². The van der Waals surface area contributed by atoms with E-state index in [4.69, 9.17) is 4.74 Å². The molecule has 1 aliphatic carbocycles. The smallest absolute Gasteiger partial charge is 0.332 e. The molecule has 2 aromatic heterocycles. The summed E-state index contributed by atoms with van der Waals surface area (Å²) in [7, 11) is 4.55. The second-order valence-electron chi connectivity index (χ2n) is 6.02. The summed E-state index contributed by atoms with van der Waals surface area (Å²) in [5.74, 6) is -0.167. The molecule has 1 saturated carbocycles. The van der Waals surface area contributed by atoms with Crippen molar-refractivity contribution in [3.63, 3.8) is 0 Å². The molecule has 0 aromatic carbocycles. The fourth-order valence-corrected chi connectivity index (χ4v) is 2.77. The first-order valence-electron chi connectivity index (χ1n) is 7.81. The molecule has 8 nitrogen and oxygen atoms in total. The van der Waals surface area contributed by atoms with Crippen molar-refractivity contribution in [1.29, 1.82) is 0 Å². The van der Waals surface area contributed by atoms with Gasteiger partial charge in [-0.3, -0.25) is 18.7 Å². The van der Waals surface area contributed by atoms with Gasteiger partial charge in [0, 0.05) is 40.0 Å². The Labute approximate surface area is 138 Å². The van der Waals surface area contributed by atoms with Crippen LogP contribution in [0.15, 0.2) is 21.9 Å². The second-order valence-corrected chi connectivity index (χ2v) is 6.02. The van der Waals surface area contributed by atoms with Crippen molar-refractivity contribution in [2.24, 2.45) is 14.1 Å². The lowest BCUT2D eigenvalue weighted by Gasteiger charge is -2.22. The summed E-state index contributed by atoms with van der Waals surface area (Å²) in [4.78, 5) is 43.0. The Hall–Kier alpha value is -2.48. The van der Waals surface area contributed by atoms with Crippen LogP contribution in [0.25, 0.3) is 11.0 Å². The lowest BCUT2D eigenvalue weighted by atomic mass is 10.2. The van der Waals surface area contributed by atoms with Crippen LogP contribution in [0.2, 0.25) is 0 Å². The Balaban J connectivity index is 2.05. The van der Waals surface area contributed by atoms with Crippen molar-refractivity contribution in [3.05, 3.63) is 38.7 Å². The normalized spacial score (nSPS) is 14.1. The van der Waals surface area contributed by atoms with Crippen molar-refractivity contribution >= 4 is 16.9 Å². The number of ether oxygens (including phenoxy) is 1. The van der Waals surface area contributed by atoms with Crippen LogP contribution in [0.5, 0.6) is 0 Å². The van der Waals surface area contributed by atoms with Crippen LogP contribution in [-0.4, -0.2) is 51.2 Å². The Morgan fingerprint density at radius 3 is 2.67 bits per heavy atom. The number of amides is 1. The summed E-state index contributed by atoms with van der Waals surface area (Å²) in [5, 5.41) is 0.257. The van der Waals surface area contributed by atoms with E-state index in [0.717, 1.165) is 17.4 Å². The first-order valence-corrected chi connectivity index (χ1v) is 7.81. The van der Waals surface area contributed by atoms with Gasteiger partial charge in [0.2, 0.25) is 0 Å². The number of aryl methyl sites for hydroxylation is 1. The van der Waals surface area contributed by atoms with E-state index < -0.39 is 11.2 Å². The van der Waals surface area contributed by atoms with Gasteiger partial charge in [-0.15, -0.1) is 0 Å². The van der Waals surface area contributed by atoms with Gasteiger partial charge in [-0.25, -0.2) is 9.78 Å². The molecule has 24 heavy (non-hydrogen) atoms. The number of hydrogen-bond acceptors (Lipinski definition) is 5. The number of hydrogen-bond donors (Lipinski definition) is 0. The highest BCUT2D eigenvalue weighted by Crippen LogP contribution is 2.28. The maximum Gasteiger partial charge on any atom is 0.332 e. The summed E-state index contributed by atoms with van der Waals surface area (Å²) in [6.07, 6.45) is 3.38. The molecule has 2 heterocycles. The molecular formula is C16H20N4O4. The van der Waals surface area contributed by atoms with Crippen LogP contribution >= 0.6 is 0 Å². The van der Waals surface area contributed by atoms with E-state index in [2.05, 4.69) is 4.98 Å². The summed E-state index contributed by atoms with van der Waals surface area (Å²) in [5.41, 5.74) is -0.278. The summed E-state index contributed by atoms with van der Waals surface area (Å²) in [6.45, 7) is 0.961.